The molecule has 0 saturated carbocycles. The van der Waals surface area contributed by atoms with Crippen molar-refractivity contribution < 1.29 is 31.4 Å². The van der Waals surface area contributed by atoms with Gasteiger partial charge in [0.25, 0.3) is 11.4 Å². The number of hydrogen-bond acceptors (Lipinski definition) is 7. The van der Waals surface area contributed by atoms with Crippen LogP contribution < -0.4 is 4.90 Å². The molecule has 1 fully saturated rings. The maximum absolute atomic E-state index is 12.9. The minimum absolute atomic E-state index is 0.0637. The maximum atomic E-state index is 12.9. The van der Waals surface area contributed by atoms with E-state index in [9.17, 15) is 41.8 Å². The molecule has 0 amide bonds. The van der Waals surface area contributed by atoms with Crippen molar-refractivity contribution in [2.45, 2.75) is 18.6 Å². The molecule has 0 aromatic heterocycles. The molecule has 0 aliphatic carbocycles. The number of halogens is 3. The Morgan fingerprint density at radius 2 is 1.64 bits per heavy atom. The first-order valence-electron chi connectivity index (χ1n) is 6.81. The van der Waals surface area contributed by atoms with Gasteiger partial charge in [-0.1, -0.05) is 0 Å². The zero-order valence-corrected chi connectivity index (χ0v) is 13.5. The van der Waals surface area contributed by atoms with E-state index in [1.54, 1.807) is 0 Å². The molecular weight excluding hydrogens is 371 g/mol. The van der Waals surface area contributed by atoms with Crippen molar-refractivity contribution >= 4 is 26.9 Å². The summed E-state index contributed by atoms with van der Waals surface area (Å²) in [5, 5.41) is 22.4. The minimum Gasteiger partial charge on any atom is -0.359 e. The lowest BCUT2D eigenvalue weighted by Crippen LogP contribution is -2.33. The van der Waals surface area contributed by atoms with Crippen molar-refractivity contribution in [3.8, 4) is 0 Å². The normalized spacial score (nSPS) is 19.6. The summed E-state index contributed by atoms with van der Waals surface area (Å²) in [5.74, 6) is -0.594. The van der Waals surface area contributed by atoms with Crippen LogP contribution in [0, 0.1) is 20.2 Å². The molecule has 0 radical (unpaired) electrons. The van der Waals surface area contributed by atoms with Crippen LogP contribution in [0.5, 0.6) is 0 Å². The third kappa shape index (κ3) is 3.81. The highest BCUT2D eigenvalue weighted by Crippen LogP contribution is 2.43. The largest absolute Gasteiger partial charge is 0.416 e. The van der Waals surface area contributed by atoms with Crippen LogP contribution >= 0.6 is 0 Å². The number of nitrogens with zero attached hydrogens (tertiary/aromatic N) is 3. The summed E-state index contributed by atoms with van der Waals surface area (Å²) < 4.78 is 61.7. The zero-order chi connectivity index (χ0) is 19.2. The fourth-order valence-corrected chi connectivity index (χ4v) is 4.45. The standard InChI is InChI=1S/C12H12F3N3O6S/c1-16(8-2-3-25(23,24)6-8)11-9(17(19)20)4-7(12(13,14)15)5-10(11)18(21)22/h4-5,8H,2-3,6H2,1H3/t8-/m1/s1. The quantitative estimate of drug-likeness (QED) is 0.576. The summed E-state index contributed by atoms with van der Waals surface area (Å²) in [6.07, 6.45) is -4.95. The van der Waals surface area contributed by atoms with Crippen LogP contribution in [0.2, 0.25) is 0 Å². The molecule has 0 N–H and O–H groups in total. The smallest absolute Gasteiger partial charge is 0.359 e. The van der Waals surface area contributed by atoms with Crippen LogP contribution in [0.1, 0.15) is 12.0 Å². The van der Waals surface area contributed by atoms with Gasteiger partial charge in [0.1, 0.15) is 0 Å². The van der Waals surface area contributed by atoms with E-state index < -0.39 is 60.3 Å². The van der Waals surface area contributed by atoms with Gasteiger partial charge in [-0.25, -0.2) is 8.42 Å². The first kappa shape index (κ1) is 18.9. The average molecular weight is 383 g/mol. The van der Waals surface area contributed by atoms with Gasteiger partial charge in [0.2, 0.25) is 0 Å². The van der Waals surface area contributed by atoms with Crippen LogP contribution in [0.4, 0.5) is 30.2 Å². The first-order valence-corrected chi connectivity index (χ1v) is 8.63. The molecule has 138 valence electrons. The number of nitro benzene ring substituents is 2. The molecule has 2 rings (SSSR count). The highest BCUT2D eigenvalue weighted by molar-refractivity contribution is 7.91. The highest BCUT2D eigenvalue weighted by atomic mass is 32.2. The van der Waals surface area contributed by atoms with Gasteiger partial charge in [-0.05, 0) is 6.42 Å². The molecule has 9 nitrogen and oxygen atoms in total. The van der Waals surface area contributed by atoms with Crippen molar-refractivity contribution in [3.05, 3.63) is 37.9 Å². The van der Waals surface area contributed by atoms with Crippen molar-refractivity contribution in [1.82, 2.24) is 0 Å². The molecule has 0 unspecified atom stereocenters. The third-order valence-corrected chi connectivity index (χ3v) is 5.65. The summed E-state index contributed by atoms with van der Waals surface area (Å²) >= 11 is 0. The monoisotopic (exact) mass is 383 g/mol. The lowest BCUT2D eigenvalue weighted by molar-refractivity contribution is -0.393. The SMILES string of the molecule is CN(c1c([N+](=O)[O-])cc(C(F)(F)F)cc1[N+](=O)[O-])[C@@H]1CCS(=O)(=O)C1. The lowest BCUT2D eigenvalue weighted by Gasteiger charge is -2.25. The van der Waals surface area contributed by atoms with Gasteiger partial charge in [0.15, 0.2) is 15.5 Å². The molecule has 1 saturated heterocycles. The molecule has 1 aromatic rings. The van der Waals surface area contributed by atoms with Gasteiger partial charge in [-0.3, -0.25) is 20.2 Å². The van der Waals surface area contributed by atoms with E-state index in [-0.39, 0.29) is 24.3 Å². The van der Waals surface area contributed by atoms with Crippen molar-refractivity contribution in [2.75, 3.05) is 23.5 Å². The van der Waals surface area contributed by atoms with E-state index in [1.165, 1.54) is 7.05 Å². The summed E-state index contributed by atoms with van der Waals surface area (Å²) in [5.41, 5.74) is -4.38. The van der Waals surface area contributed by atoms with Crippen LogP contribution in [-0.4, -0.2) is 42.9 Å². The van der Waals surface area contributed by atoms with Gasteiger partial charge in [0.05, 0.1) is 26.9 Å². The van der Waals surface area contributed by atoms with E-state index >= 15 is 0 Å². The number of alkyl halides is 3. The number of benzene rings is 1. The van der Waals surface area contributed by atoms with Crippen molar-refractivity contribution in [1.29, 1.82) is 0 Å². The second-order valence-corrected chi connectivity index (χ2v) is 7.77. The Morgan fingerprint density at radius 3 is 1.96 bits per heavy atom. The predicted molar refractivity (Wildman–Crippen MR) is 80.2 cm³/mol. The number of hydrogen-bond donors (Lipinski definition) is 0. The van der Waals surface area contributed by atoms with Gasteiger partial charge >= 0.3 is 6.18 Å². The summed E-state index contributed by atoms with van der Waals surface area (Å²) in [6.45, 7) is 0. The van der Waals surface area contributed by atoms with Gasteiger partial charge in [-0.2, -0.15) is 13.2 Å². The summed E-state index contributed by atoms with van der Waals surface area (Å²) in [4.78, 5) is 21.1. The molecule has 1 aromatic carbocycles. The lowest BCUT2D eigenvalue weighted by atomic mass is 10.1. The fourth-order valence-electron chi connectivity index (χ4n) is 2.67. The average Bonchev–Trinajstić information content (AvgIpc) is 2.84. The second kappa shape index (κ2) is 6.13. The fraction of sp³-hybridized carbons (Fsp3) is 0.500. The third-order valence-electron chi connectivity index (χ3n) is 3.90. The zero-order valence-electron chi connectivity index (χ0n) is 12.7. The molecule has 13 heteroatoms. The van der Waals surface area contributed by atoms with E-state index in [0.717, 1.165) is 4.90 Å². The molecule has 1 atom stereocenters. The molecule has 1 aliphatic heterocycles. The van der Waals surface area contributed by atoms with Crippen LogP contribution in [-0.2, 0) is 16.0 Å². The number of anilines is 1. The second-order valence-electron chi connectivity index (χ2n) is 5.54. The Hall–Kier alpha value is -2.44. The maximum Gasteiger partial charge on any atom is 0.416 e. The Labute approximate surface area is 139 Å². The molecular formula is C12H12F3N3O6S. The molecule has 0 spiro atoms. The van der Waals surface area contributed by atoms with Crippen molar-refractivity contribution in [2.24, 2.45) is 0 Å². The Bertz CT molecular complexity index is 804. The first-order chi connectivity index (χ1) is 11.3. The Balaban J connectivity index is 2.66. The molecule has 1 heterocycles. The topological polar surface area (TPSA) is 124 Å². The Kier molecular flexibility index (Phi) is 4.63. The van der Waals surface area contributed by atoms with E-state index in [1.807, 2.05) is 0 Å². The van der Waals surface area contributed by atoms with E-state index in [4.69, 9.17) is 0 Å². The summed E-state index contributed by atoms with van der Waals surface area (Å²) in [6, 6.07) is -0.385. The van der Waals surface area contributed by atoms with Crippen molar-refractivity contribution in [3.63, 3.8) is 0 Å². The molecule has 0 bridgehead atoms. The number of nitro groups is 2. The van der Waals surface area contributed by atoms with Crippen LogP contribution in [0.25, 0.3) is 0 Å². The Morgan fingerprint density at radius 1 is 1.16 bits per heavy atom. The molecule has 1 aliphatic rings. The van der Waals surface area contributed by atoms with Gasteiger partial charge < -0.3 is 4.90 Å². The van der Waals surface area contributed by atoms with E-state index in [0.29, 0.717) is 0 Å². The predicted octanol–water partition coefficient (Wildman–Crippen LogP) is 2.15. The summed E-state index contributed by atoms with van der Waals surface area (Å²) in [7, 11) is -2.22. The number of rotatable bonds is 4. The van der Waals surface area contributed by atoms with Crippen LogP contribution in [0.15, 0.2) is 12.1 Å². The van der Waals surface area contributed by atoms with Gasteiger partial charge in [-0.15, -0.1) is 0 Å². The van der Waals surface area contributed by atoms with Crippen LogP contribution in [0.3, 0.4) is 0 Å². The number of sulfone groups is 1. The van der Waals surface area contributed by atoms with Gasteiger partial charge in [0, 0.05) is 25.2 Å². The van der Waals surface area contributed by atoms with E-state index in [2.05, 4.69) is 0 Å². The molecule has 25 heavy (non-hydrogen) atoms. The highest BCUT2D eigenvalue weighted by Gasteiger charge is 2.41. The minimum atomic E-state index is -5.01.